The molecule has 1 heterocycles. The predicted octanol–water partition coefficient (Wildman–Crippen LogP) is 1.93. The van der Waals surface area contributed by atoms with Gasteiger partial charge in [0.25, 0.3) is 5.91 Å². The largest absolute Gasteiger partial charge is 0.388 e. The molecule has 1 aromatic heterocycles. The Morgan fingerprint density at radius 3 is 2.83 bits per heavy atom. The number of nitrogens with one attached hydrogen (secondary N) is 1. The highest BCUT2D eigenvalue weighted by atomic mass is 16.3. The van der Waals surface area contributed by atoms with Crippen LogP contribution in [0, 0.1) is 0 Å². The Labute approximate surface area is 108 Å². The minimum absolute atomic E-state index is 0.0964. The van der Waals surface area contributed by atoms with Crippen molar-refractivity contribution < 1.29 is 9.90 Å². The number of rotatable bonds is 4. The van der Waals surface area contributed by atoms with E-state index in [-0.39, 0.29) is 5.91 Å². The van der Waals surface area contributed by atoms with Gasteiger partial charge in [-0.3, -0.25) is 4.79 Å². The standard InChI is InChI=1S/C14H22N2O2/c1-2-16-10-6-7-12(16)13(17)15-11-14(18)8-4-3-5-9-14/h6-7,10,18H,2-5,8-9,11H2,1H3,(H,15,17). The van der Waals surface area contributed by atoms with Crippen LogP contribution >= 0.6 is 0 Å². The van der Waals surface area contributed by atoms with Gasteiger partial charge in [0, 0.05) is 19.3 Å². The van der Waals surface area contributed by atoms with Gasteiger partial charge in [0.15, 0.2) is 0 Å². The van der Waals surface area contributed by atoms with E-state index in [2.05, 4.69) is 5.32 Å². The topological polar surface area (TPSA) is 54.3 Å². The van der Waals surface area contributed by atoms with Crippen molar-refractivity contribution in [2.45, 2.75) is 51.2 Å². The second-order valence-corrected chi connectivity index (χ2v) is 5.15. The third kappa shape index (κ3) is 2.93. The molecule has 1 aromatic rings. The lowest BCUT2D eigenvalue weighted by Gasteiger charge is -2.32. The van der Waals surface area contributed by atoms with Gasteiger partial charge in [-0.1, -0.05) is 19.3 Å². The van der Waals surface area contributed by atoms with E-state index >= 15 is 0 Å². The third-order valence-corrected chi connectivity index (χ3v) is 3.77. The van der Waals surface area contributed by atoms with Crippen molar-refractivity contribution in [3.05, 3.63) is 24.0 Å². The monoisotopic (exact) mass is 250 g/mol. The molecule has 0 unspecified atom stereocenters. The third-order valence-electron chi connectivity index (χ3n) is 3.77. The van der Waals surface area contributed by atoms with E-state index in [0.29, 0.717) is 12.2 Å². The lowest BCUT2D eigenvalue weighted by atomic mass is 9.85. The van der Waals surface area contributed by atoms with Crippen molar-refractivity contribution in [3.63, 3.8) is 0 Å². The van der Waals surface area contributed by atoms with Gasteiger partial charge in [-0.15, -0.1) is 0 Å². The molecule has 0 atom stereocenters. The van der Waals surface area contributed by atoms with Crippen LogP contribution in [0.25, 0.3) is 0 Å². The molecule has 2 rings (SSSR count). The highest BCUT2D eigenvalue weighted by molar-refractivity contribution is 5.92. The minimum atomic E-state index is -0.697. The van der Waals surface area contributed by atoms with Crippen LogP contribution in [-0.4, -0.2) is 27.7 Å². The van der Waals surface area contributed by atoms with Crippen molar-refractivity contribution in [1.29, 1.82) is 0 Å². The quantitative estimate of drug-likeness (QED) is 0.858. The van der Waals surface area contributed by atoms with Gasteiger partial charge < -0.3 is 15.0 Å². The SMILES string of the molecule is CCn1cccc1C(=O)NCC1(O)CCCCC1. The number of aryl methyl sites for hydroxylation is 1. The summed E-state index contributed by atoms with van der Waals surface area (Å²) in [6.45, 7) is 3.15. The van der Waals surface area contributed by atoms with E-state index in [4.69, 9.17) is 0 Å². The number of aliphatic hydroxyl groups is 1. The first-order chi connectivity index (χ1) is 8.64. The summed E-state index contributed by atoms with van der Waals surface area (Å²) in [6, 6.07) is 3.68. The van der Waals surface area contributed by atoms with Crippen LogP contribution in [0.4, 0.5) is 0 Å². The molecule has 100 valence electrons. The molecule has 0 aliphatic heterocycles. The molecule has 0 saturated heterocycles. The maximum atomic E-state index is 12.0. The molecule has 18 heavy (non-hydrogen) atoms. The second kappa shape index (κ2) is 5.57. The van der Waals surface area contributed by atoms with E-state index < -0.39 is 5.60 Å². The summed E-state index contributed by atoms with van der Waals surface area (Å²) in [4.78, 5) is 12.0. The molecule has 1 fully saturated rings. The van der Waals surface area contributed by atoms with Crippen molar-refractivity contribution in [2.24, 2.45) is 0 Å². The van der Waals surface area contributed by atoms with Gasteiger partial charge in [-0.25, -0.2) is 0 Å². The van der Waals surface area contributed by atoms with Crippen LogP contribution < -0.4 is 5.32 Å². The number of hydrogen-bond donors (Lipinski definition) is 2. The maximum Gasteiger partial charge on any atom is 0.268 e. The molecule has 0 spiro atoms. The molecular weight excluding hydrogens is 228 g/mol. The fraction of sp³-hybridized carbons (Fsp3) is 0.643. The first kappa shape index (κ1) is 13.1. The van der Waals surface area contributed by atoms with Crippen LogP contribution in [0.15, 0.2) is 18.3 Å². The Hall–Kier alpha value is -1.29. The fourth-order valence-corrected chi connectivity index (χ4v) is 2.62. The van der Waals surface area contributed by atoms with Crippen LogP contribution in [0.5, 0.6) is 0 Å². The molecule has 1 aliphatic rings. The molecule has 1 aliphatic carbocycles. The van der Waals surface area contributed by atoms with E-state index in [9.17, 15) is 9.90 Å². The van der Waals surface area contributed by atoms with E-state index in [1.165, 1.54) is 6.42 Å². The molecule has 2 N–H and O–H groups in total. The maximum absolute atomic E-state index is 12.0. The zero-order chi connectivity index (χ0) is 13.0. The summed E-state index contributed by atoms with van der Waals surface area (Å²) >= 11 is 0. The van der Waals surface area contributed by atoms with Gasteiger partial charge in [-0.2, -0.15) is 0 Å². The number of amides is 1. The molecule has 0 aromatic carbocycles. The van der Waals surface area contributed by atoms with Crippen molar-refractivity contribution in [3.8, 4) is 0 Å². The molecule has 4 nitrogen and oxygen atoms in total. The Morgan fingerprint density at radius 2 is 2.17 bits per heavy atom. The van der Waals surface area contributed by atoms with Crippen LogP contribution in [0.2, 0.25) is 0 Å². The fourth-order valence-electron chi connectivity index (χ4n) is 2.62. The number of aromatic nitrogens is 1. The first-order valence-corrected chi connectivity index (χ1v) is 6.80. The molecule has 1 saturated carbocycles. The number of carbonyl (C=O) groups is 1. The summed E-state index contributed by atoms with van der Waals surface area (Å²) in [6.07, 6.45) is 6.78. The Kier molecular flexibility index (Phi) is 4.07. The van der Waals surface area contributed by atoms with Crippen molar-refractivity contribution in [1.82, 2.24) is 9.88 Å². The van der Waals surface area contributed by atoms with Crippen molar-refractivity contribution >= 4 is 5.91 Å². The Bertz CT molecular complexity index is 406. The molecule has 4 heteroatoms. The lowest BCUT2D eigenvalue weighted by Crippen LogP contribution is -2.44. The number of nitrogens with zero attached hydrogens (tertiary/aromatic N) is 1. The Balaban J connectivity index is 1.92. The lowest BCUT2D eigenvalue weighted by molar-refractivity contribution is 0.00517. The van der Waals surface area contributed by atoms with Gasteiger partial charge >= 0.3 is 0 Å². The van der Waals surface area contributed by atoms with Gasteiger partial charge in [0.2, 0.25) is 0 Å². The molecular formula is C14H22N2O2. The normalized spacial score (nSPS) is 18.6. The number of carbonyl (C=O) groups excluding carboxylic acids is 1. The zero-order valence-electron chi connectivity index (χ0n) is 11.0. The van der Waals surface area contributed by atoms with E-state index in [0.717, 1.165) is 32.2 Å². The first-order valence-electron chi connectivity index (χ1n) is 6.80. The highest BCUT2D eigenvalue weighted by Crippen LogP contribution is 2.27. The van der Waals surface area contributed by atoms with Gasteiger partial charge in [0.1, 0.15) is 5.69 Å². The second-order valence-electron chi connectivity index (χ2n) is 5.15. The Morgan fingerprint density at radius 1 is 1.44 bits per heavy atom. The molecule has 0 radical (unpaired) electrons. The molecule has 0 bridgehead atoms. The predicted molar refractivity (Wildman–Crippen MR) is 70.5 cm³/mol. The van der Waals surface area contributed by atoms with Crippen LogP contribution in [0.3, 0.4) is 0 Å². The summed E-state index contributed by atoms with van der Waals surface area (Å²) in [7, 11) is 0. The minimum Gasteiger partial charge on any atom is -0.388 e. The highest BCUT2D eigenvalue weighted by Gasteiger charge is 2.29. The smallest absolute Gasteiger partial charge is 0.268 e. The average molecular weight is 250 g/mol. The number of hydrogen-bond acceptors (Lipinski definition) is 2. The zero-order valence-corrected chi connectivity index (χ0v) is 11.0. The van der Waals surface area contributed by atoms with Gasteiger partial charge in [0.05, 0.1) is 5.60 Å². The molecule has 1 amide bonds. The average Bonchev–Trinajstić information content (AvgIpc) is 2.85. The summed E-state index contributed by atoms with van der Waals surface area (Å²) in [5.41, 5.74) is -0.0331. The summed E-state index contributed by atoms with van der Waals surface area (Å²) in [5, 5.41) is 13.2. The van der Waals surface area contributed by atoms with Crippen LogP contribution in [0.1, 0.15) is 49.5 Å². The summed E-state index contributed by atoms with van der Waals surface area (Å²) in [5.74, 6) is -0.0964. The van der Waals surface area contributed by atoms with Crippen LogP contribution in [-0.2, 0) is 6.54 Å². The van der Waals surface area contributed by atoms with E-state index in [1.54, 1.807) is 0 Å². The van der Waals surface area contributed by atoms with Crippen molar-refractivity contribution in [2.75, 3.05) is 6.54 Å². The summed E-state index contributed by atoms with van der Waals surface area (Å²) < 4.78 is 1.90. The van der Waals surface area contributed by atoms with E-state index in [1.807, 2.05) is 29.8 Å². The van der Waals surface area contributed by atoms with Gasteiger partial charge in [-0.05, 0) is 31.9 Å².